The molecular formula is C18H22N2O3. The summed E-state index contributed by atoms with van der Waals surface area (Å²) >= 11 is 0. The van der Waals surface area contributed by atoms with E-state index in [1.165, 1.54) is 0 Å². The fourth-order valence-corrected chi connectivity index (χ4v) is 3.97. The van der Waals surface area contributed by atoms with E-state index in [-0.39, 0.29) is 29.7 Å². The summed E-state index contributed by atoms with van der Waals surface area (Å²) in [5.41, 5.74) is 0.994. The molecule has 3 rings (SSSR count). The third-order valence-corrected chi connectivity index (χ3v) is 5.08. The van der Waals surface area contributed by atoms with E-state index in [1.54, 1.807) is 12.4 Å². The highest BCUT2D eigenvalue weighted by molar-refractivity contribution is 5.87. The smallest absolute Gasteiger partial charge is 0.307 e. The Labute approximate surface area is 135 Å². The average Bonchev–Trinajstić information content (AvgIpc) is 3.13. The van der Waals surface area contributed by atoms with Gasteiger partial charge in [-0.25, -0.2) is 0 Å². The lowest BCUT2D eigenvalue weighted by molar-refractivity contribution is -0.148. The molecule has 1 aromatic rings. The topological polar surface area (TPSA) is 79.3 Å². The molecule has 0 radical (unpaired) electrons. The molecule has 0 aliphatic heterocycles. The van der Waals surface area contributed by atoms with Gasteiger partial charge >= 0.3 is 5.97 Å². The van der Waals surface area contributed by atoms with Crippen molar-refractivity contribution in [3.05, 3.63) is 42.2 Å². The molecule has 2 N–H and O–H groups in total. The van der Waals surface area contributed by atoms with Crippen LogP contribution in [0.5, 0.6) is 0 Å². The summed E-state index contributed by atoms with van der Waals surface area (Å²) in [6.45, 7) is 4.08. The van der Waals surface area contributed by atoms with Gasteiger partial charge in [-0.3, -0.25) is 14.6 Å². The lowest BCUT2D eigenvalue weighted by Crippen LogP contribution is -2.42. The second-order valence-electron chi connectivity index (χ2n) is 6.85. The number of aromatic nitrogens is 1. The van der Waals surface area contributed by atoms with Gasteiger partial charge in [0.05, 0.1) is 17.9 Å². The zero-order valence-corrected chi connectivity index (χ0v) is 13.3. The van der Waals surface area contributed by atoms with Crippen LogP contribution in [0.15, 0.2) is 36.7 Å². The van der Waals surface area contributed by atoms with Crippen LogP contribution in [-0.2, 0) is 9.59 Å². The highest BCUT2D eigenvalue weighted by atomic mass is 16.4. The molecule has 1 fully saturated rings. The first kappa shape index (κ1) is 15.7. The van der Waals surface area contributed by atoms with Crippen molar-refractivity contribution in [2.24, 2.45) is 29.6 Å². The maximum Gasteiger partial charge on any atom is 0.307 e. The minimum Gasteiger partial charge on any atom is -0.481 e. The minimum atomic E-state index is -0.869. The first-order valence-corrected chi connectivity index (χ1v) is 8.10. The normalized spacial score (nSPS) is 29.7. The van der Waals surface area contributed by atoms with Gasteiger partial charge in [-0.2, -0.15) is 0 Å². The zero-order valence-electron chi connectivity index (χ0n) is 13.3. The SMILES string of the molecule is CC(C)C(NC(=O)C1C2C=CC(C2)C1C(=O)O)c1ccncc1. The summed E-state index contributed by atoms with van der Waals surface area (Å²) in [5, 5.41) is 12.6. The first-order valence-electron chi connectivity index (χ1n) is 8.10. The van der Waals surface area contributed by atoms with E-state index in [1.807, 2.05) is 38.1 Å². The third-order valence-electron chi connectivity index (χ3n) is 5.08. The third kappa shape index (κ3) is 2.87. The van der Waals surface area contributed by atoms with Gasteiger partial charge in [0.15, 0.2) is 0 Å². The number of nitrogens with one attached hydrogen (secondary N) is 1. The van der Waals surface area contributed by atoms with Gasteiger partial charge in [-0.15, -0.1) is 0 Å². The molecule has 5 heteroatoms. The summed E-state index contributed by atoms with van der Waals surface area (Å²) in [6.07, 6.45) is 8.15. The van der Waals surface area contributed by atoms with E-state index < -0.39 is 17.8 Å². The Morgan fingerprint density at radius 1 is 1.17 bits per heavy atom. The maximum atomic E-state index is 12.8. The number of hydrogen-bond acceptors (Lipinski definition) is 3. The van der Waals surface area contributed by atoms with E-state index in [2.05, 4.69) is 10.3 Å². The number of carbonyl (C=O) groups is 2. The number of rotatable bonds is 5. The Morgan fingerprint density at radius 3 is 2.35 bits per heavy atom. The molecule has 1 aromatic heterocycles. The molecule has 5 unspecified atom stereocenters. The fraction of sp³-hybridized carbons (Fsp3) is 0.500. The van der Waals surface area contributed by atoms with E-state index in [0.717, 1.165) is 12.0 Å². The lowest BCUT2D eigenvalue weighted by Gasteiger charge is -2.28. The van der Waals surface area contributed by atoms with Crippen molar-refractivity contribution in [3.8, 4) is 0 Å². The van der Waals surface area contributed by atoms with Crippen molar-refractivity contribution in [2.75, 3.05) is 0 Å². The fourth-order valence-electron chi connectivity index (χ4n) is 3.97. The van der Waals surface area contributed by atoms with Crippen LogP contribution < -0.4 is 5.32 Å². The number of carboxylic acid groups (broad SMARTS) is 1. The predicted molar refractivity (Wildman–Crippen MR) is 85.3 cm³/mol. The molecule has 1 heterocycles. The minimum absolute atomic E-state index is 0.00771. The van der Waals surface area contributed by atoms with Gasteiger partial charge in [0.2, 0.25) is 5.91 Å². The summed E-state index contributed by atoms with van der Waals surface area (Å²) < 4.78 is 0. The number of aliphatic carboxylic acids is 1. The van der Waals surface area contributed by atoms with Gasteiger partial charge < -0.3 is 10.4 Å². The summed E-state index contributed by atoms with van der Waals surface area (Å²) in [5.74, 6) is -1.84. The molecule has 0 spiro atoms. The Hall–Kier alpha value is -2.17. The standard InChI is InChI=1S/C18H22N2O3/c1-10(2)16(11-5-7-19-8-6-11)20-17(21)14-12-3-4-13(9-12)15(14)18(22)23/h3-8,10,12-16H,9H2,1-2H3,(H,20,21)(H,22,23). The summed E-state index contributed by atoms with van der Waals surface area (Å²) in [6, 6.07) is 3.64. The molecule has 1 amide bonds. The van der Waals surface area contributed by atoms with Crippen molar-refractivity contribution < 1.29 is 14.7 Å². The Morgan fingerprint density at radius 2 is 1.78 bits per heavy atom. The molecular weight excluding hydrogens is 292 g/mol. The molecule has 0 aromatic carbocycles. The number of nitrogens with zero attached hydrogens (tertiary/aromatic N) is 1. The number of amides is 1. The Bertz CT molecular complexity index is 626. The molecule has 2 aliphatic carbocycles. The molecule has 2 bridgehead atoms. The second kappa shape index (κ2) is 6.14. The quantitative estimate of drug-likeness (QED) is 0.818. The predicted octanol–water partition coefficient (Wildman–Crippen LogP) is 2.42. The molecule has 23 heavy (non-hydrogen) atoms. The number of carboxylic acids is 1. The monoisotopic (exact) mass is 314 g/mol. The van der Waals surface area contributed by atoms with E-state index in [9.17, 15) is 14.7 Å². The maximum absolute atomic E-state index is 12.8. The molecule has 122 valence electrons. The van der Waals surface area contributed by atoms with Crippen LogP contribution in [0.1, 0.15) is 31.9 Å². The van der Waals surface area contributed by atoms with Crippen LogP contribution >= 0.6 is 0 Å². The van der Waals surface area contributed by atoms with Crippen LogP contribution in [0, 0.1) is 29.6 Å². The van der Waals surface area contributed by atoms with Crippen molar-refractivity contribution in [1.82, 2.24) is 10.3 Å². The van der Waals surface area contributed by atoms with Crippen LogP contribution in [0.4, 0.5) is 0 Å². The summed E-state index contributed by atoms with van der Waals surface area (Å²) in [4.78, 5) is 28.4. The van der Waals surface area contributed by atoms with E-state index >= 15 is 0 Å². The van der Waals surface area contributed by atoms with Crippen LogP contribution in [-0.4, -0.2) is 22.0 Å². The van der Waals surface area contributed by atoms with Gasteiger partial charge in [0.1, 0.15) is 0 Å². The highest BCUT2D eigenvalue weighted by Crippen LogP contribution is 2.48. The largest absolute Gasteiger partial charge is 0.481 e. The number of allylic oxidation sites excluding steroid dienone is 2. The van der Waals surface area contributed by atoms with Gasteiger partial charge in [0, 0.05) is 12.4 Å². The van der Waals surface area contributed by atoms with Crippen LogP contribution in [0.3, 0.4) is 0 Å². The van der Waals surface area contributed by atoms with E-state index in [4.69, 9.17) is 0 Å². The molecule has 1 saturated carbocycles. The van der Waals surface area contributed by atoms with Crippen molar-refractivity contribution >= 4 is 11.9 Å². The second-order valence-corrected chi connectivity index (χ2v) is 6.85. The van der Waals surface area contributed by atoms with Gasteiger partial charge in [-0.05, 0) is 41.9 Å². The Kier molecular flexibility index (Phi) is 4.20. The van der Waals surface area contributed by atoms with Crippen molar-refractivity contribution in [3.63, 3.8) is 0 Å². The number of fused-ring (bicyclic) bond motifs is 2. The molecule has 2 aliphatic rings. The van der Waals surface area contributed by atoms with Crippen molar-refractivity contribution in [1.29, 1.82) is 0 Å². The molecule has 5 nitrogen and oxygen atoms in total. The number of pyridine rings is 1. The Balaban J connectivity index is 1.80. The van der Waals surface area contributed by atoms with Gasteiger partial charge in [-0.1, -0.05) is 26.0 Å². The van der Waals surface area contributed by atoms with E-state index in [0.29, 0.717) is 0 Å². The zero-order chi connectivity index (χ0) is 16.6. The van der Waals surface area contributed by atoms with Gasteiger partial charge in [0.25, 0.3) is 0 Å². The van der Waals surface area contributed by atoms with Crippen molar-refractivity contribution in [2.45, 2.75) is 26.3 Å². The molecule has 5 atom stereocenters. The lowest BCUT2D eigenvalue weighted by atomic mass is 9.82. The first-order chi connectivity index (χ1) is 11.0. The number of hydrogen-bond donors (Lipinski definition) is 2. The van der Waals surface area contributed by atoms with Crippen LogP contribution in [0.25, 0.3) is 0 Å². The summed E-state index contributed by atoms with van der Waals surface area (Å²) in [7, 11) is 0. The highest BCUT2D eigenvalue weighted by Gasteiger charge is 2.51. The van der Waals surface area contributed by atoms with Crippen LogP contribution in [0.2, 0.25) is 0 Å². The average molecular weight is 314 g/mol. The molecule has 0 saturated heterocycles. The number of carbonyl (C=O) groups excluding carboxylic acids is 1.